The van der Waals surface area contributed by atoms with Gasteiger partial charge in [-0.25, -0.2) is 9.97 Å². The van der Waals surface area contributed by atoms with E-state index in [9.17, 15) is 4.79 Å². The summed E-state index contributed by atoms with van der Waals surface area (Å²) < 4.78 is 10.9. The highest BCUT2D eigenvalue weighted by molar-refractivity contribution is 5.97. The van der Waals surface area contributed by atoms with E-state index >= 15 is 0 Å². The predicted octanol–water partition coefficient (Wildman–Crippen LogP) is 2.54. The molecule has 130 valence electrons. The lowest BCUT2D eigenvalue weighted by Gasteiger charge is -2.12. The number of aryl methyl sites for hydroxylation is 1. The lowest BCUT2D eigenvalue weighted by molar-refractivity contribution is 0.0924. The number of carbonyl (C=O) groups excluding carboxylic acids is 1. The zero-order chi connectivity index (χ0) is 18.0. The Morgan fingerprint density at radius 1 is 1.28 bits per heavy atom. The number of carbonyl (C=O) groups is 1. The van der Waals surface area contributed by atoms with Crippen molar-refractivity contribution in [3.8, 4) is 5.75 Å². The summed E-state index contributed by atoms with van der Waals surface area (Å²) in [6.07, 6.45) is 0. The van der Waals surface area contributed by atoms with Gasteiger partial charge in [0.1, 0.15) is 0 Å². The fourth-order valence-corrected chi connectivity index (χ4v) is 2.47. The van der Waals surface area contributed by atoms with Gasteiger partial charge < -0.3 is 19.4 Å². The van der Waals surface area contributed by atoms with Gasteiger partial charge in [-0.05, 0) is 25.1 Å². The van der Waals surface area contributed by atoms with Crippen molar-refractivity contribution in [1.29, 1.82) is 0 Å². The Morgan fingerprint density at radius 2 is 2.08 bits per heavy atom. The van der Waals surface area contributed by atoms with Gasteiger partial charge in [-0.2, -0.15) is 0 Å². The first-order valence-corrected chi connectivity index (χ1v) is 7.84. The lowest BCUT2D eigenvalue weighted by atomic mass is 10.2. The smallest absolute Gasteiger partial charge is 0.287 e. The molecule has 0 bridgehead atoms. The summed E-state index contributed by atoms with van der Waals surface area (Å²) in [5, 5.41) is 3.64. The standard InChI is InChI=1S/C18H20N4O3/c1-11-8-13(21-18(20-11)22(2)3)10-19-17(23)15-9-12-6-5-7-14(24-4)16(12)25-15/h5-9H,10H2,1-4H3,(H,19,23). The van der Waals surface area contributed by atoms with E-state index in [1.807, 2.05) is 44.1 Å². The fourth-order valence-electron chi connectivity index (χ4n) is 2.47. The summed E-state index contributed by atoms with van der Waals surface area (Å²) in [6, 6.07) is 9.05. The van der Waals surface area contributed by atoms with E-state index in [2.05, 4.69) is 15.3 Å². The molecule has 0 fully saturated rings. The summed E-state index contributed by atoms with van der Waals surface area (Å²) in [4.78, 5) is 23.0. The topological polar surface area (TPSA) is 80.5 Å². The second-order valence-electron chi connectivity index (χ2n) is 5.87. The predicted molar refractivity (Wildman–Crippen MR) is 95.0 cm³/mol. The normalized spacial score (nSPS) is 10.7. The number of anilines is 1. The number of rotatable bonds is 5. The summed E-state index contributed by atoms with van der Waals surface area (Å²) in [5.74, 6) is 1.13. The van der Waals surface area contributed by atoms with Crippen molar-refractivity contribution in [3.63, 3.8) is 0 Å². The first-order valence-electron chi connectivity index (χ1n) is 7.84. The molecular formula is C18H20N4O3. The van der Waals surface area contributed by atoms with E-state index in [1.165, 1.54) is 0 Å². The van der Waals surface area contributed by atoms with Crippen LogP contribution in [0.5, 0.6) is 5.75 Å². The van der Waals surface area contributed by atoms with Crippen LogP contribution in [0.1, 0.15) is 21.9 Å². The lowest BCUT2D eigenvalue weighted by Crippen LogP contribution is -2.23. The van der Waals surface area contributed by atoms with Crippen molar-refractivity contribution in [2.45, 2.75) is 13.5 Å². The average molecular weight is 340 g/mol. The number of hydrogen-bond donors (Lipinski definition) is 1. The first kappa shape index (κ1) is 16.8. The molecule has 0 unspecified atom stereocenters. The molecule has 7 nitrogen and oxygen atoms in total. The molecule has 0 aliphatic rings. The van der Waals surface area contributed by atoms with Gasteiger partial charge in [-0.15, -0.1) is 0 Å². The number of methoxy groups -OCH3 is 1. The molecule has 3 rings (SSSR count). The molecule has 0 aliphatic carbocycles. The molecule has 1 aromatic carbocycles. The van der Waals surface area contributed by atoms with Crippen LogP contribution in [0.25, 0.3) is 11.0 Å². The minimum atomic E-state index is -0.305. The summed E-state index contributed by atoms with van der Waals surface area (Å²) in [7, 11) is 5.31. The Morgan fingerprint density at radius 3 is 2.80 bits per heavy atom. The number of aromatic nitrogens is 2. The van der Waals surface area contributed by atoms with E-state index in [4.69, 9.17) is 9.15 Å². The third kappa shape index (κ3) is 3.55. The molecular weight excluding hydrogens is 320 g/mol. The monoisotopic (exact) mass is 340 g/mol. The van der Waals surface area contributed by atoms with Crippen LogP contribution in [0.4, 0.5) is 5.95 Å². The molecule has 0 saturated carbocycles. The quantitative estimate of drug-likeness (QED) is 0.769. The molecule has 25 heavy (non-hydrogen) atoms. The maximum atomic E-state index is 12.4. The van der Waals surface area contributed by atoms with Crippen LogP contribution in [0.3, 0.4) is 0 Å². The number of nitrogens with one attached hydrogen (secondary N) is 1. The van der Waals surface area contributed by atoms with Gasteiger partial charge >= 0.3 is 0 Å². The van der Waals surface area contributed by atoms with Crippen LogP contribution in [0.2, 0.25) is 0 Å². The average Bonchev–Trinajstić information content (AvgIpc) is 3.03. The number of furan rings is 1. The van der Waals surface area contributed by atoms with Gasteiger partial charge in [0.05, 0.1) is 19.3 Å². The Labute approximate surface area is 145 Å². The van der Waals surface area contributed by atoms with E-state index in [1.54, 1.807) is 19.2 Å². The van der Waals surface area contributed by atoms with Gasteiger partial charge in [-0.3, -0.25) is 4.79 Å². The van der Waals surface area contributed by atoms with E-state index in [0.29, 0.717) is 17.3 Å². The largest absolute Gasteiger partial charge is 0.493 e. The molecule has 7 heteroatoms. The molecule has 3 aromatic rings. The van der Waals surface area contributed by atoms with Crippen molar-refractivity contribution >= 4 is 22.8 Å². The molecule has 2 heterocycles. The van der Waals surface area contributed by atoms with E-state index in [0.717, 1.165) is 16.8 Å². The maximum absolute atomic E-state index is 12.4. The number of hydrogen-bond acceptors (Lipinski definition) is 6. The molecule has 1 N–H and O–H groups in total. The molecule has 0 radical (unpaired) electrons. The Bertz CT molecular complexity index is 918. The zero-order valence-corrected chi connectivity index (χ0v) is 14.7. The zero-order valence-electron chi connectivity index (χ0n) is 14.7. The minimum absolute atomic E-state index is 0.234. The number of para-hydroxylation sites is 1. The highest BCUT2D eigenvalue weighted by atomic mass is 16.5. The molecule has 0 spiro atoms. The molecule has 0 atom stereocenters. The Hall–Kier alpha value is -3.09. The van der Waals surface area contributed by atoms with Gasteiger partial charge in [-0.1, -0.05) is 12.1 Å². The number of benzene rings is 1. The highest BCUT2D eigenvalue weighted by Gasteiger charge is 2.15. The highest BCUT2D eigenvalue weighted by Crippen LogP contribution is 2.28. The van der Waals surface area contributed by atoms with Crippen LogP contribution in [0, 0.1) is 6.92 Å². The van der Waals surface area contributed by atoms with Gasteiger partial charge in [0, 0.05) is 25.2 Å². The van der Waals surface area contributed by atoms with Crippen molar-refractivity contribution in [1.82, 2.24) is 15.3 Å². The maximum Gasteiger partial charge on any atom is 0.287 e. The molecule has 1 amide bonds. The van der Waals surface area contributed by atoms with Crippen molar-refractivity contribution in [2.24, 2.45) is 0 Å². The van der Waals surface area contributed by atoms with E-state index in [-0.39, 0.29) is 18.2 Å². The molecule has 0 aliphatic heterocycles. The Balaban J connectivity index is 1.77. The number of ether oxygens (including phenoxy) is 1. The van der Waals surface area contributed by atoms with E-state index < -0.39 is 0 Å². The first-order chi connectivity index (χ1) is 12.0. The summed E-state index contributed by atoms with van der Waals surface area (Å²) in [5.41, 5.74) is 2.14. The summed E-state index contributed by atoms with van der Waals surface area (Å²) >= 11 is 0. The van der Waals surface area contributed by atoms with Crippen molar-refractivity contribution < 1.29 is 13.9 Å². The number of nitrogens with zero attached hydrogens (tertiary/aromatic N) is 3. The van der Waals surface area contributed by atoms with Crippen LogP contribution in [0.15, 0.2) is 34.7 Å². The minimum Gasteiger partial charge on any atom is -0.493 e. The van der Waals surface area contributed by atoms with Crippen LogP contribution in [-0.2, 0) is 6.54 Å². The molecule has 0 saturated heterocycles. The van der Waals surface area contributed by atoms with Crippen LogP contribution >= 0.6 is 0 Å². The SMILES string of the molecule is COc1cccc2cc(C(=O)NCc3cc(C)nc(N(C)C)n3)oc12. The second kappa shape index (κ2) is 6.80. The fraction of sp³-hybridized carbons (Fsp3) is 0.278. The number of amides is 1. The third-order valence-electron chi connectivity index (χ3n) is 3.68. The summed E-state index contributed by atoms with van der Waals surface area (Å²) in [6.45, 7) is 2.18. The van der Waals surface area contributed by atoms with Crippen molar-refractivity contribution in [3.05, 3.63) is 47.5 Å². The third-order valence-corrected chi connectivity index (χ3v) is 3.68. The number of fused-ring (bicyclic) bond motifs is 1. The Kier molecular flexibility index (Phi) is 4.56. The van der Waals surface area contributed by atoms with Gasteiger partial charge in [0.2, 0.25) is 5.95 Å². The van der Waals surface area contributed by atoms with Crippen LogP contribution < -0.4 is 15.0 Å². The van der Waals surface area contributed by atoms with Gasteiger partial charge in [0.15, 0.2) is 17.1 Å². The second-order valence-corrected chi connectivity index (χ2v) is 5.87. The van der Waals surface area contributed by atoms with Crippen LogP contribution in [-0.4, -0.2) is 37.1 Å². The van der Waals surface area contributed by atoms with Gasteiger partial charge in [0.25, 0.3) is 5.91 Å². The molecule has 2 aromatic heterocycles. The van der Waals surface area contributed by atoms with Crippen molar-refractivity contribution in [2.75, 3.05) is 26.1 Å².